The summed E-state index contributed by atoms with van der Waals surface area (Å²) in [6, 6.07) is 5.37. The van der Waals surface area contributed by atoms with Gasteiger partial charge in [-0.25, -0.2) is 4.79 Å². The first-order valence-electron chi connectivity index (χ1n) is 5.96. The zero-order valence-corrected chi connectivity index (χ0v) is 11.2. The van der Waals surface area contributed by atoms with Crippen molar-refractivity contribution in [2.75, 3.05) is 18.0 Å². The highest BCUT2D eigenvalue weighted by Crippen LogP contribution is 2.27. The molecule has 1 aromatic carbocycles. The fourth-order valence-corrected chi connectivity index (χ4v) is 2.61. The zero-order valence-electron chi connectivity index (χ0n) is 9.66. The molecule has 0 aromatic heterocycles. The van der Waals surface area contributed by atoms with E-state index in [1.54, 1.807) is 12.1 Å². The second-order valence-electron chi connectivity index (χ2n) is 4.37. The lowest BCUT2D eigenvalue weighted by atomic mass is 10.1. The predicted octanol–water partition coefficient (Wildman–Crippen LogP) is 3.53. The smallest absolute Gasteiger partial charge is 0.337 e. The number of nitrogens with zero attached hydrogens (tertiary/aromatic N) is 1. The molecular weight excluding hydrogens is 282 g/mol. The van der Waals surface area contributed by atoms with Crippen LogP contribution in [0.4, 0.5) is 5.69 Å². The van der Waals surface area contributed by atoms with E-state index in [-0.39, 0.29) is 0 Å². The highest BCUT2D eigenvalue weighted by Gasteiger charge is 2.17. The second kappa shape index (κ2) is 5.54. The lowest BCUT2D eigenvalue weighted by molar-refractivity contribution is 0.0697. The van der Waals surface area contributed by atoms with Gasteiger partial charge in [0.1, 0.15) is 0 Å². The Morgan fingerprint density at radius 1 is 1.18 bits per heavy atom. The van der Waals surface area contributed by atoms with Crippen LogP contribution in [0.3, 0.4) is 0 Å². The first-order chi connectivity index (χ1) is 8.18. The summed E-state index contributed by atoms with van der Waals surface area (Å²) in [6.45, 7) is 1.91. The number of benzene rings is 1. The van der Waals surface area contributed by atoms with E-state index in [1.807, 2.05) is 6.07 Å². The lowest BCUT2D eigenvalue weighted by Crippen LogP contribution is -2.25. The lowest BCUT2D eigenvalue weighted by Gasteiger charge is -2.24. The average Bonchev–Trinajstić information content (AvgIpc) is 2.56. The maximum atomic E-state index is 11.2. The van der Waals surface area contributed by atoms with Crippen molar-refractivity contribution in [1.29, 1.82) is 0 Å². The van der Waals surface area contributed by atoms with Gasteiger partial charge in [0.25, 0.3) is 0 Å². The van der Waals surface area contributed by atoms with Crippen LogP contribution in [0, 0.1) is 0 Å². The summed E-state index contributed by atoms with van der Waals surface area (Å²) >= 11 is 3.41. The van der Waals surface area contributed by atoms with E-state index in [9.17, 15) is 9.90 Å². The van der Waals surface area contributed by atoms with Crippen molar-refractivity contribution in [2.24, 2.45) is 0 Å². The largest absolute Gasteiger partial charge is 0.478 e. The number of hydrogen-bond acceptors (Lipinski definition) is 2. The molecule has 17 heavy (non-hydrogen) atoms. The SMILES string of the molecule is O=C(O)c1ccc(Br)cc1N1CCCCCC1. The van der Waals surface area contributed by atoms with Crippen LogP contribution >= 0.6 is 15.9 Å². The molecule has 0 amide bonds. The number of aromatic carboxylic acids is 1. The molecule has 0 aliphatic carbocycles. The van der Waals surface area contributed by atoms with Crippen molar-refractivity contribution >= 4 is 27.6 Å². The summed E-state index contributed by atoms with van der Waals surface area (Å²) in [7, 11) is 0. The Kier molecular flexibility index (Phi) is 4.05. The van der Waals surface area contributed by atoms with Gasteiger partial charge in [0, 0.05) is 17.6 Å². The van der Waals surface area contributed by atoms with E-state index in [1.165, 1.54) is 12.8 Å². The summed E-state index contributed by atoms with van der Waals surface area (Å²) < 4.78 is 0.932. The number of carbonyl (C=O) groups is 1. The van der Waals surface area contributed by atoms with Crippen LogP contribution in [0.25, 0.3) is 0 Å². The molecule has 1 fully saturated rings. The third-order valence-electron chi connectivity index (χ3n) is 3.14. The van der Waals surface area contributed by atoms with E-state index in [2.05, 4.69) is 20.8 Å². The van der Waals surface area contributed by atoms with Crippen LogP contribution in [0.5, 0.6) is 0 Å². The highest BCUT2D eigenvalue weighted by atomic mass is 79.9. The summed E-state index contributed by atoms with van der Waals surface area (Å²) in [5, 5.41) is 9.22. The van der Waals surface area contributed by atoms with E-state index >= 15 is 0 Å². The topological polar surface area (TPSA) is 40.5 Å². The molecule has 1 heterocycles. The molecule has 1 aliphatic heterocycles. The first-order valence-corrected chi connectivity index (χ1v) is 6.75. The summed E-state index contributed by atoms with van der Waals surface area (Å²) in [6.07, 6.45) is 4.77. The highest BCUT2D eigenvalue weighted by molar-refractivity contribution is 9.10. The molecule has 3 nitrogen and oxygen atoms in total. The average molecular weight is 298 g/mol. The van der Waals surface area contributed by atoms with Crippen LogP contribution < -0.4 is 4.90 Å². The van der Waals surface area contributed by atoms with Gasteiger partial charge in [-0.05, 0) is 31.0 Å². The van der Waals surface area contributed by atoms with E-state index < -0.39 is 5.97 Å². The number of carboxylic acids is 1. The van der Waals surface area contributed by atoms with Crippen molar-refractivity contribution in [2.45, 2.75) is 25.7 Å². The number of halogens is 1. The third kappa shape index (κ3) is 3.00. The van der Waals surface area contributed by atoms with Gasteiger partial charge in [-0.2, -0.15) is 0 Å². The Hall–Kier alpha value is -1.03. The molecule has 0 spiro atoms. The Morgan fingerprint density at radius 2 is 1.82 bits per heavy atom. The Morgan fingerprint density at radius 3 is 2.41 bits per heavy atom. The number of carboxylic acid groups (broad SMARTS) is 1. The third-order valence-corrected chi connectivity index (χ3v) is 3.63. The van der Waals surface area contributed by atoms with Crippen LogP contribution in [0.1, 0.15) is 36.0 Å². The maximum absolute atomic E-state index is 11.2. The van der Waals surface area contributed by atoms with Gasteiger partial charge in [0.05, 0.1) is 11.3 Å². The quantitative estimate of drug-likeness (QED) is 0.908. The maximum Gasteiger partial charge on any atom is 0.337 e. The van der Waals surface area contributed by atoms with Gasteiger partial charge in [0.15, 0.2) is 0 Å². The van der Waals surface area contributed by atoms with Gasteiger partial charge < -0.3 is 10.0 Å². The molecular formula is C13H16BrNO2. The van der Waals surface area contributed by atoms with Crippen molar-refractivity contribution < 1.29 is 9.90 Å². The molecule has 0 bridgehead atoms. The molecule has 1 aromatic rings. The van der Waals surface area contributed by atoms with Gasteiger partial charge in [-0.1, -0.05) is 28.8 Å². The molecule has 1 N–H and O–H groups in total. The minimum atomic E-state index is -0.850. The van der Waals surface area contributed by atoms with Gasteiger partial charge >= 0.3 is 5.97 Å². The zero-order chi connectivity index (χ0) is 12.3. The minimum Gasteiger partial charge on any atom is -0.478 e. The molecule has 1 aliphatic rings. The second-order valence-corrected chi connectivity index (χ2v) is 5.28. The summed E-state index contributed by atoms with van der Waals surface area (Å²) in [4.78, 5) is 13.4. The van der Waals surface area contributed by atoms with Crippen molar-refractivity contribution in [3.8, 4) is 0 Å². The predicted molar refractivity (Wildman–Crippen MR) is 71.8 cm³/mol. The standard InChI is InChI=1S/C13H16BrNO2/c14-10-5-6-11(13(16)17)12(9-10)15-7-3-1-2-4-8-15/h5-6,9H,1-4,7-8H2,(H,16,17). The van der Waals surface area contributed by atoms with Crippen molar-refractivity contribution in [3.05, 3.63) is 28.2 Å². The van der Waals surface area contributed by atoms with E-state index in [0.29, 0.717) is 5.56 Å². The molecule has 4 heteroatoms. The molecule has 0 atom stereocenters. The van der Waals surface area contributed by atoms with Crippen LogP contribution in [0.15, 0.2) is 22.7 Å². The minimum absolute atomic E-state index is 0.398. The molecule has 1 saturated heterocycles. The van der Waals surface area contributed by atoms with Gasteiger partial charge in [-0.15, -0.1) is 0 Å². The van der Waals surface area contributed by atoms with E-state index in [0.717, 1.165) is 36.1 Å². The number of hydrogen-bond donors (Lipinski definition) is 1. The molecule has 0 unspecified atom stereocenters. The van der Waals surface area contributed by atoms with Crippen molar-refractivity contribution in [3.63, 3.8) is 0 Å². The number of rotatable bonds is 2. The van der Waals surface area contributed by atoms with Crippen LogP contribution in [-0.4, -0.2) is 24.2 Å². The van der Waals surface area contributed by atoms with Crippen molar-refractivity contribution in [1.82, 2.24) is 0 Å². The molecule has 0 saturated carbocycles. The Labute approximate surface area is 110 Å². The number of anilines is 1. The molecule has 0 radical (unpaired) electrons. The Balaban J connectivity index is 2.34. The van der Waals surface area contributed by atoms with Gasteiger partial charge in [-0.3, -0.25) is 0 Å². The van der Waals surface area contributed by atoms with E-state index in [4.69, 9.17) is 0 Å². The molecule has 92 valence electrons. The normalized spacial score (nSPS) is 16.6. The summed E-state index contributed by atoms with van der Waals surface area (Å²) in [5.74, 6) is -0.850. The fourth-order valence-electron chi connectivity index (χ4n) is 2.26. The molecule has 2 rings (SSSR count). The Bertz CT molecular complexity index is 412. The van der Waals surface area contributed by atoms with Crippen LogP contribution in [-0.2, 0) is 0 Å². The van der Waals surface area contributed by atoms with Crippen LogP contribution in [0.2, 0.25) is 0 Å². The van der Waals surface area contributed by atoms with Gasteiger partial charge in [0.2, 0.25) is 0 Å². The first kappa shape index (κ1) is 12.4. The fraction of sp³-hybridized carbons (Fsp3) is 0.462. The summed E-state index contributed by atoms with van der Waals surface area (Å²) in [5.41, 5.74) is 1.24. The monoisotopic (exact) mass is 297 g/mol.